The van der Waals surface area contributed by atoms with Crippen LogP contribution in [0.25, 0.3) is 0 Å². The van der Waals surface area contributed by atoms with Crippen molar-refractivity contribution in [2.75, 3.05) is 13.1 Å². The minimum absolute atomic E-state index is 0.0111. The molecule has 1 aliphatic heterocycles. The lowest BCUT2D eigenvalue weighted by Gasteiger charge is -2.36. The molecule has 1 aromatic rings. The number of hydrogen-bond donors (Lipinski definition) is 1. The molecule has 0 saturated carbocycles. The number of hydrogen-bond acceptors (Lipinski definition) is 2. The van der Waals surface area contributed by atoms with Gasteiger partial charge in [-0.1, -0.05) is 0 Å². The number of aromatic nitrogens is 1. The van der Waals surface area contributed by atoms with Gasteiger partial charge in [0.05, 0.1) is 5.41 Å². The van der Waals surface area contributed by atoms with Gasteiger partial charge in [-0.15, -0.1) is 0 Å². The maximum atomic E-state index is 12.4. The Balaban J connectivity index is 2.08. The number of carboxylic acids is 1. The normalized spacial score (nSPS) is 18.4. The Bertz CT molecular complexity index is 511. The van der Waals surface area contributed by atoms with Crippen LogP contribution in [0.5, 0.6) is 0 Å². The molecule has 2 rings (SSSR count). The molecule has 1 saturated heterocycles. The predicted molar refractivity (Wildman–Crippen MR) is 71.0 cm³/mol. The molecule has 0 aromatic carbocycles. The fourth-order valence-electron chi connectivity index (χ4n) is 2.41. The highest BCUT2D eigenvalue weighted by atomic mass is 16.4. The molecule has 5 heteroatoms. The van der Waals surface area contributed by atoms with Crippen LogP contribution in [0.3, 0.4) is 0 Å². The van der Waals surface area contributed by atoms with Crippen molar-refractivity contribution in [3.8, 4) is 0 Å². The van der Waals surface area contributed by atoms with Gasteiger partial charge >= 0.3 is 5.97 Å². The highest BCUT2D eigenvalue weighted by Gasteiger charge is 2.38. The van der Waals surface area contributed by atoms with Gasteiger partial charge in [0.25, 0.3) is 5.91 Å². The van der Waals surface area contributed by atoms with E-state index in [1.165, 1.54) is 0 Å². The molecule has 1 aromatic heterocycles. The number of aryl methyl sites for hydroxylation is 1. The second kappa shape index (κ2) is 4.72. The molecule has 0 spiro atoms. The molecule has 104 valence electrons. The van der Waals surface area contributed by atoms with Crippen molar-refractivity contribution in [3.63, 3.8) is 0 Å². The molecule has 0 radical (unpaired) electrons. The monoisotopic (exact) mass is 264 g/mol. The van der Waals surface area contributed by atoms with Gasteiger partial charge in [-0.2, -0.15) is 0 Å². The summed E-state index contributed by atoms with van der Waals surface area (Å²) in [5.74, 6) is -0.780. The van der Waals surface area contributed by atoms with Crippen molar-refractivity contribution in [3.05, 3.63) is 23.5 Å². The van der Waals surface area contributed by atoms with Crippen LogP contribution >= 0.6 is 0 Å². The number of rotatable bonds is 2. The quantitative estimate of drug-likeness (QED) is 0.883. The average molecular weight is 264 g/mol. The molecular formula is C14H20N2O3. The number of likely N-dealkylation sites (tertiary alicyclic amines) is 1. The molecule has 1 N–H and O–H groups in total. The summed E-state index contributed by atoms with van der Waals surface area (Å²) in [7, 11) is 1.87. The fourth-order valence-corrected chi connectivity index (χ4v) is 2.41. The number of carbonyl (C=O) groups excluding carboxylic acids is 1. The number of nitrogens with zero attached hydrogens (tertiary/aromatic N) is 2. The second-order valence-electron chi connectivity index (χ2n) is 5.58. The molecule has 0 atom stereocenters. The topological polar surface area (TPSA) is 62.5 Å². The zero-order valence-corrected chi connectivity index (χ0v) is 11.6. The summed E-state index contributed by atoms with van der Waals surface area (Å²) >= 11 is 0. The predicted octanol–water partition coefficient (Wildman–Crippen LogP) is 1.66. The van der Waals surface area contributed by atoms with Crippen LogP contribution in [0.4, 0.5) is 0 Å². The molecule has 5 nitrogen and oxygen atoms in total. The van der Waals surface area contributed by atoms with Crippen LogP contribution in [0.15, 0.2) is 12.1 Å². The first-order chi connectivity index (χ1) is 8.85. The molecule has 19 heavy (non-hydrogen) atoms. The molecular weight excluding hydrogens is 244 g/mol. The van der Waals surface area contributed by atoms with Crippen LogP contribution in [-0.4, -0.2) is 39.5 Å². The number of aliphatic carboxylic acids is 1. The second-order valence-corrected chi connectivity index (χ2v) is 5.58. The highest BCUT2D eigenvalue weighted by Crippen LogP contribution is 2.31. The van der Waals surface area contributed by atoms with E-state index in [0.29, 0.717) is 31.6 Å². The fraction of sp³-hybridized carbons (Fsp3) is 0.571. The smallest absolute Gasteiger partial charge is 0.309 e. The van der Waals surface area contributed by atoms with E-state index in [1.807, 2.05) is 30.7 Å². The molecule has 0 aliphatic carbocycles. The van der Waals surface area contributed by atoms with Gasteiger partial charge in [0, 0.05) is 25.8 Å². The Morgan fingerprint density at radius 1 is 1.26 bits per heavy atom. The van der Waals surface area contributed by atoms with Crippen LogP contribution in [-0.2, 0) is 11.8 Å². The largest absolute Gasteiger partial charge is 0.481 e. The van der Waals surface area contributed by atoms with Gasteiger partial charge in [-0.25, -0.2) is 0 Å². The number of carbonyl (C=O) groups is 2. The lowest BCUT2D eigenvalue weighted by atomic mass is 9.80. The Morgan fingerprint density at radius 3 is 2.26 bits per heavy atom. The summed E-state index contributed by atoms with van der Waals surface area (Å²) in [4.78, 5) is 25.3. The molecule has 0 bridgehead atoms. The van der Waals surface area contributed by atoms with Gasteiger partial charge in [-0.3, -0.25) is 9.59 Å². The third-order valence-corrected chi connectivity index (χ3v) is 4.26. The van der Waals surface area contributed by atoms with Gasteiger partial charge < -0.3 is 14.6 Å². The first-order valence-corrected chi connectivity index (χ1v) is 6.50. The zero-order valence-electron chi connectivity index (χ0n) is 11.6. The SMILES string of the molecule is Cc1ccc(C(=O)N2CCC(C)(C(=O)O)CC2)n1C. The van der Waals surface area contributed by atoms with Crippen LogP contribution in [0.2, 0.25) is 0 Å². The van der Waals surface area contributed by atoms with E-state index in [9.17, 15) is 14.7 Å². The van der Waals surface area contributed by atoms with Gasteiger partial charge in [0.1, 0.15) is 5.69 Å². The summed E-state index contributed by atoms with van der Waals surface area (Å²) in [6.45, 7) is 4.72. The van der Waals surface area contributed by atoms with E-state index < -0.39 is 11.4 Å². The Labute approximate surface area is 112 Å². The third-order valence-electron chi connectivity index (χ3n) is 4.26. The highest BCUT2D eigenvalue weighted by molar-refractivity contribution is 5.93. The molecule has 1 amide bonds. The summed E-state index contributed by atoms with van der Waals surface area (Å²) in [6, 6.07) is 3.74. The lowest BCUT2D eigenvalue weighted by Crippen LogP contribution is -2.45. The first kappa shape index (κ1) is 13.6. The minimum Gasteiger partial charge on any atom is -0.481 e. The summed E-state index contributed by atoms with van der Waals surface area (Å²) < 4.78 is 1.87. The third kappa shape index (κ3) is 2.37. The summed E-state index contributed by atoms with van der Waals surface area (Å²) in [5.41, 5.74) is 1.01. The van der Waals surface area contributed by atoms with E-state index >= 15 is 0 Å². The van der Waals surface area contributed by atoms with E-state index in [1.54, 1.807) is 11.8 Å². The molecule has 1 fully saturated rings. The van der Waals surface area contributed by atoms with Crippen molar-refractivity contribution in [1.29, 1.82) is 0 Å². The van der Waals surface area contributed by atoms with Crippen molar-refractivity contribution in [1.82, 2.24) is 9.47 Å². The van der Waals surface area contributed by atoms with Crippen LogP contribution in [0.1, 0.15) is 35.9 Å². The standard InChI is InChI=1S/C14H20N2O3/c1-10-4-5-11(15(10)3)12(17)16-8-6-14(2,7-9-16)13(18)19/h4-5H,6-9H2,1-3H3,(H,18,19). The van der Waals surface area contributed by atoms with Gasteiger partial charge in [0.15, 0.2) is 0 Å². The van der Waals surface area contributed by atoms with Gasteiger partial charge in [0.2, 0.25) is 0 Å². The first-order valence-electron chi connectivity index (χ1n) is 6.50. The summed E-state index contributed by atoms with van der Waals surface area (Å²) in [5, 5.41) is 9.18. The Morgan fingerprint density at radius 2 is 1.84 bits per heavy atom. The molecule has 2 heterocycles. The number of piperidine rings is 1. The van der Waals surface area contributed by atoms with Crippen molar-refractivity contribution in [2.45, 2.75) is 26.7 Å². The number of amides is 1. The molecule has 0 unspecified atom stereocenters. The minimum atomic E-state index is -0.769. The average Bonchev–Trinajstić information content (AvgIpc) is 2.70. The number of carboxylic acid groups (broad SMARTS) is 1. The van der Waals surface area contributed by atoms with E-state index in [0.717, 1.165) is 5.69 Å². The van der Waals surface area contributed by atoms with Crippen molar-refractivity contribution >= 4 is 11.9 Å². The van der Waals surface area contributed by atoms with Crippen molar-refractivity contribution in [2.24, 2.45) is 12.5 Å². The van der Waals surface area contributed by atoms with E-state index in [4.69, 9.17) is 0 Å². The van der Waals surface area contributed by atoms with Crippen LogP contribution < -0.4 is 0 Å². The maximum Gasteiger partial charge on any atom is 0.309 e. The van der Waals surface area contributed by atoms with Gasteiger partial charge in [-0.05, 0) is 38.8 Å². The Kier molecular flexibility index (Phi) is 3.39. The van der Waals surface area contributed by atoms with Crippen LogP contribution in [0, 0.1) is 12.3 Å². The maximum absolute atomic E-state index is 12.4. The zero-order chi connectivity index (χ0) is 14.2. The van der Waals surface area contributed by atoms with Crippen molar-refractivity contribution < 1.29 is 14.7 Å². The lowest BCUT2D eigenvalue weighted by molar-refractivity contribution is -0.150. The summed E-state index contributed by atoms with van der Waals surface area (Å²) in [6.07, 6.45) is 1.02. The molecule has 1 aliphatic rings. The van der Waals surface area contributed by atoms with E-state index in [-0.39, 0.29) is 5.91 Å². The Hall–Kier alpha value is -1.78. The van der Waals surface area contributed by atoms with E-state index in [2.05, 4.69) is 0 Å².